The number of hydrogen-bond donors (Lipinski definition) is 2. The molecule has 0 aromatic heterocycles. The molecule has 0 amide bonds. The molecule has 0 aliphatic heterocycles. The fourth-order valence-electron chi connectivity index (χ4n) is 1.50. The van der Waals surface area contributed by atoms with Gasteiger partial charge in [-0.3, -0.25) is 9.59 Å². The molecule has 5 heteroatoms. The van der Waals surface area contributed by atoms with Crippen LogP contribution in [-0.2, 0) is 9.59 Å². The van der Waals surface area contributed by atoms with Crippen molar-refractivity contribution in [3.8, 4) is 0 Å². The van der Waals surface area contributed by atoms with E-state index in [4.69, 9.17) is 10.2 Å². The Balaban J connectivity index is 0. The number of rotatable bonds is 6. The van der Waals surface area contributed by atoms with Crippen LogP contribution >= 0.6 is 0 Å². The number of carboxylic acids is 2. The van der Waals surface area contributed by atoms with E-state index in [1.54, 1.807) is 13.8 Å². The van der Waals surface area contributed by atoms with Gasteiger partial charge in [0, 0.05) is 0 Å². The van der Waals surface area contributed by atoms with Gasteiger partial charge in [0.1, 0.15) is 0 Å². The summed E-state index contributed by atoms with van der Waals surface area (Å²) in [6.45, 7) is 3.58. The van der Waals surface area contributed by atoms with Crippen molar-refractivity contribution in [2.45, 2.75) is 39.5 Å². The van der Waals surface area contributed by atoms with Crippen LogP contribution in [0.4, 0.5) is 0 Å². The van der Waals surface area contributed by atoms with Crippen molar-refractivity contribution in [3.05, 3.63) is 0 Å². The molecule has 0 aliphatic carbocycles. The topological polar surface area (TPSA) is 74.6 Å². The van der Waals surface area contributed by atoms with Crippen molar-refractivity contribution in [2.24, 2.45) is 5.41 Å². The van der Waals surface area contributed by atoms with E-state index in [-0.39, 0.29) is 64.2 Å². The van der Waals surface area contributed by atoms with Crippen molar-refractivity contribution in [1.29, 1.82) is 0 Å². The maximum absolute atomic E-state index is 10.9. The maximum atomic E-state index is 10.9. The van der Waals surface area contributed by atoms with E-state index in [0.29, 0.717) is 12.8 Å². The second kappa shape index (κ2) is 7.81. The van der Waals surface area contributed by atoms with Crippen LogP contribution in [0.25, 0.3) is 0 Å². The van der Waals surface area contributed by atoms with Crippen molar-refractivity contribution in [2.75, 3.05) is 0 Å². The molecule has 0 atom stereocenters. The van der Waals surface area contributed by atoms with Gasteiger partial charge in [-0.1, -0.05) is 26.7 Å². The van der Waals surface area contributed by atoms with E-state index in [9.17, 15) is 9.59 Å². The number of hydrogen-bond acceptors (Lipinski definition) is 2. The predicted octanol–water partition coefficient (Wildman–Crippen LogP) is 1.09. The molecule has 0 aromatic carbocycles. The molecule has 0 rings (SSSR count). The second-order valence-electron chi connectivity index (χ2n) is 3.19. The first-order valence-electron chi connectivity index (χ1n) is 4.48. The van der Waals surface area contributed by atoms with Crippen LogP contribution in [0, 0.1) is 5.41 Å². The molecule has 4 nitrogen and oxygen atoms in total. The first-order chi connectivity index (χ1) is 6.01. The summed E-state index contributed by atoms with van der Waals surface area (Å²) in [4.78, 5) is 21.7. The van der Waals surface area contributed by atoms with Crippen LogP contribution in [0.3, 0.4) is 0 Å². The summed E-state index contributed by atoms with van der Waals surface area (Å²) in [6, 6.07) is 0. The SMILES string of the molecule is CCCC(CCC)(C(=O)O)C(=O)O.[KH]. The first-order valence-corrected chi connectivity index (χ1v) is 4.48. The van der Waals surface area contributed by atoms with E-state index in [1.165, 1.54) is 0 Å². The summed E-state index contributed by atoms with van der Waals surface area (Å²) in [7, 11) is 0. The van der Waals surface area contributed by atoms with Crippen LogP contribution in [0.15, 0.2) is 0 Å². The van der Waals surface area contributed by atoms with Crippen molar-refractivity contribution in [1.82, 2.24) is 0 Å². The zero-order valence-corrected chi connectivity index (χ0v) is 8.04. The summed E-state index contributed by atoms with van der Waals surface area (Å²) in [6.07, 6.45) is 1.54. The molecular formula is C9H17KO4. The predicted molar refractivity (Wildman–Crippen MR) is 54.7 cm³/mol. The molecule has 0 radical (unpaired) electrons. The molecule has 0 bridgehead atoms. The molecule has 2 N–H and O–H groups in total. The van der Waals surface area contributed by atoms with Crippen molar-refractivity contribution >= 4 is 63.3 Å². The Bertz CT molecular complexity index is 181. The minimum atomic E-state index is -1.57. The van der Waals surface area contributed by atoms with Gasteiger partial charge in [0.05, 0.1) is 0 Å². The number of carbonyl (C=O) groups is 2. The van der Waals surface area contributed by atoms with Crippen LogP contribution in [0.1, 0.15) is 39.5 Å². The van der Waals surface area contributed by atoms with Crippen LogP contribution < -0.4 is 0 Å². The Labute approximate surface area is 126 Å². The molecule has 14 heavy (non-hydrogen) atoms. The minimum absolute atomic E-state index is 0. The van der Waals surface area contributed by atoms with Gasteiger partial charge in [-0.15, -0.1) is 0 Å². The molecule has 0 aliphatic rings. The molecule has 0 fully saturated rings. The zero-order valence-electron chi connectivity index (χ0n) is 8.04. The van der Waals surface area contributed by atoms with Crippen molar-refractivity contribution in [3.63, 3.8) is 0 Å². The monoisotopic (exact) mass is 228 g/mol. The average Bonchev–Trinajstić information content (AvgIpc) is 2.03. The molecule has 0 aromatic rings. The summed E-state index contributed by atoms with van der Waals surface area (Å²) >= 11 is 0. The first kappa shape index (κ1) is 17.0. The molecule has 0 heterocycles. The van der Waals surface area contributed by atoms with Gasteiger partial charge < -0.3 is 10.2 Å². The van der Waals surface area contributed by atoms with E-state index in [2.05, 4.69) is 0 Å². The molecule has 0 unspecified atom stereocenters. The Morgan fingerprint density at radius 3 is 1.43 bits per heavy atom. The van der Waals surface area contributed by atoms with Gasteiger partial charge in [-0.05, 0) is 12.8 Å². The normalized spacial score (nSPS) is 10.4. The number of carboxylic acid groups (broad SMARTS) is 2. The van der Waals surface area contributed by atoms with Gasteiger partial charge >= 0.3 is 63.3 Å². The van der Waals surface area contributed by atoms with Gasteiger partial charge in [-0.25, -0.2) is 0 Å². The Morgan fingerprint density at radius 2 is 1.29 bits per heavy atom. The van der Waals surface area contributed by atoms with Gasteiger partial charge in [0.15, 0.2) is 5.41 Å². The third-order valence-electron chi connectivity index (χ3n) is 2.17. The fraction of sp³-hybridized carbons (Fsp3) is 0.778. The summed E-state index contributed by atoms with van der Waals surface area (Å²) in [5, 5.41) is 17.8. The van der Waals surface area contributed by atoms with E-state index in [1.807, 2.05) is 0 Å². The Hall–Kier alpha value is 0.576. The van der Waals surface area contributed by atoms with Crippen LogP contribution in [0.5, 0.6) is 0 Å². The van der Waals surface area contributed by atoms with Gasteiger partial charge in [0.25, 0.3) is 0 Å². The quantitative estimate of drug-likeness (QED) is 0.527. The van der Waals surface area contributed by atoms with Gasteiger partial charge in [0.2, 0.25) is 0 Å². The Kier molecular flexibility index (Phi) is 9.48. The standard InChI is InChI=1S/C9H16O4.K.H/c1-3-5-9(6-4-2,7(10)11)8(12)13;;/h3-6H2,1-2H3,(H,10,11)(H,12,13);;. The summed E-state index contributed by atoms with van der Waals surface area (Å²) in [5.41, 5.74) is -1.57. The third-order valence-corrected chi connectivity index (χ3v) is 2.17. The molecular weight excluding hydrogens is 211 g/mol. The van der Waals surface area contributed by atoms with Crippen molar-refractivity contribution < 1.29 is 19.8 Å². The van der Waals surface area contributed by atoms with E-state index in [0.717, 1.165) is 0 Å². The number of aliphatic carboxylic acids is 2. The average molecular weight is 228 g/mol. The fourth-order valence-corrected chi connectivity index (χ4v) is 1.50. The van der Waals surface area contributed by atoms with Crippen LogP contribution in [-0.4, -0.2) is 73.5 Å². The van der Waals surface area contributed by atoms with Gasteiger partial charge in [-0.2, -0.15) is 0 Å². The van der Waals surface area contributed by atoms with E-state index < -0.39 is 17.4 Å². The second-order valence-corrected chi connectivity index (χ2v) is 3.19. The van der Waals surface area contributed by atoms with E-state index >= 15 is 0 Å². The Morgan fingerprint density at radius 1 is 1.00 bits per heavy atom. The zero-order chi connectivity index (χ0) is 10.5. The summed E-state index contributed by atoms with van der Waals surface area (Å²) < 4.78 is 0. The third kappa shape index (κ3) is 3.98. The molecule has 0 saturated carbocycles. The summed E-state index contributed by atoms with van der Waals surface area (Å²) in [5.74, 6) is -2.44. The molecule has 0 spiro atoms. The van der Waals surface area contributed by atoms with Crippen LogP contribution in [0.2, 0.25) is 0 Å². The molecule has 78 valence electrons. The molecule has 0 saturated heterocycles.